The number of hydrogen-bond acceptors (Lipinski definition) is 4. The van der Waals surface area contributed by atoms with Crippen LogP contribution in [0.3, 0.4) is 0 Å². The van der Waals surface area contributed by atoms with Gasteiger partial charge in [-0.05, 0) is 35.9 Å². The van der Waals surface area contributed by atoms with Crippen LogP contribution in [0.2, 0.25) is 0 Å². The van der Waals surface area contributed by atoms with Crippen molar-refractivity contribution in [3.63, 3.8) is 0 Å². The summed E-state index contributed by atoms with van der Waals surface area (Å²) in [5.74, 6) is 1.44. The molecule has 5 heteroatoms. The van der Waals surface area contributed by atoms with E-state index in [9.17, 15) is 4.79 Å². The highest BCUT2D eigenvalue weighted by molar-refractivity contribution is 5.75. The Morgan fingerprint density at radius 1 is 1.19 bits per heavy atom. The molecule has 21 heavy (non-hydrogen) atoms. The quantitative estimate of drug-likeness (QED) is 0.847. The Kier molecular flexibility index (Phi) is 5.58. The number of hydrogen-bond donors (Lipinski definition) is 1. The van der Waals surface area contributed by atoms with Gasteiger partial charge in [0.1, 0.15) is 11.5 Å². The van der Waals surface area contributed by atoms with Crippen LogP contribution in [0, 0.1) is 0 Å². The maximum absolute atomic E-state index is 11.7. The third-order valence-corrected chi connectivity index (χ3v) is 2.87. The molecule has 1 N–H and O–H groups in total. The van der Waals surface area contributed by atoms with Gasteiger partial charge in [-0.25, -0.2) is 0 Å². The molecule has 0 saturated carbocycles. The molecule has 0 bridgehead atoms. The summed E-state index contributed by atoms with van der Waals surface area (Å²) in [6, 6.07) is 11.0. The molecule has 0 radical (unpaired) electrons. The predicted octanol–water partition coefficient (Wildman–Crippen LogP) is 2.18. The lowest BCUT2D eigenvalue weighted by Gasteiger charge is -2.08. The highest BCUT2D eigenvalue weighted by atomic mass is 16.5. The summed E-state index contributed by atoms with van der Waals surface area (Å²) in [5, 5.41) is 2.82. The van der Waals surface area contributed by atoms with Crippen LogP contribution in [-0.4, -0.2) is 24.6 Å². The standard InChI is InChI=1S/C16H18N2O3/c1-20-14-4-6-15(7-5-14)21-10-8-16(19)18-12-13-3-2-9-17-11-13/h2-7,9,11H,8,10,12H2,1H3,(H,18,19). The molecule has 0 fully saturated rings. The molecule has 0 aliphatic carbocycles. The number of carbonyl (C=O) groups is 1. The van der Waals surface area contributed by atoms with Crippen molar-refractivity contribution in [1.29, 1.82) is 0 Å². The third-order valence-electron chi connectivity index (χ3n) is 2.87. The zero-order valence-electron chi connectivity index (χ0n) is 11.9. The van der Waals surface area contributed by atoms with Gasteiger partial charge in [-0.3, -0.25) is 9.78 Å². The first-order valence-corrected chi connectivity index (χ1v) is 6.70. The molecule has 1 aromatic heterocycles. The van der Waals surface area contributed by atoms with Gasteiger partial charge in [0.05, 0.1) is 20.1 Å². The van der Waals surface area contributed by atoms with Crippen LogP contribution in [0.4, 0.5) is 0 Å². The second-order valence-electron chi connectivity index (χ2n) is 4.41. The second-order valence-corrected chi connectivity index (χ2v) is 4.41. The zero-order chi connectivity index (χ0) is 14.9. The highest BCUT2D eigenvalue weighted by Crippen LogP contribution is 2.16. The molecule has 2 rings (SSSR count). The van der Waals surface area contributed by atoms with Crippen LogP contribution >= 0.6 is 0 Å². The van der Waals surface area contributed by atoms with Gasteiger partial charge in [0.2, 0.25) is 5.91 Å². The van der Waals surface area contributed by atoms with E-state index in [0.29, 0.717) is 19.6 Å². The number of ether oxygens (including phenoxy) is 2. The molecular weight excluding hydrogens is 268 g/mol. The van der Waals surface area contributed by atoms with Crippen LogP contribution in [0.1, 0.15) is 12.0 Å². The molecule has 0 spiro atoms. The van der Waals surface area contributed by atoms with Crippen molar-refractivity contribution in [2.45, 2.75) is 13.0 Å². The van der Waals surface area contributed by atoms with Gasteiger partial charge in [0.25, 0.3) is 0 Å². The minimum atomic E-state index is -0.0487. The van der Waals surface area contributed by atoms with Crippen molar-refractivity contribution in [1.82, 2.24) is 10.3 Å². The van der Waals surface area contributed by atoms with Gasteiger partial charge < -0.3 is 14.8 Å². The number of aromatic nitrogens is 1. The minimum absolute atomic E-state index is 0.0487. The molecule has 1 aromatic carbocycles. The summed E-state index contributed by atoms with van der Waals surface area (Å²) in [5.41, 5.74) is 0.974. The first kappa shape index (κ1) is 14.8. The van der Waals surface area contributed by atoms with Crippen LogP contribution in [0.25, 0.3) is 0 Å². The number of methoxy groups -OCH3 is 1. The van der Waals surface area contributed by atoms with Crippen molar-refractivity contribution < 1.29 is 14.3 Å². The lowest BCUT2D eigenvalue weighted by atomic mass is 10.3. The highest BCUT2D eigenvalue weighted by Gasteiger charge is 2.02. The van der Waals surface area contributed by atoms with Gasteiger partial charge in [-0.2, -0.15) is 0 Å². The molecule has 1 heterocycles. The van der Waals surface area contributed by atoms with Crippen LogP contribution in [0.5, 0.6) is 11.5 Å². The van der Waals surface area contributed by atoms with Crippen LogP contribution in [-0.2, 0) is 11.3 Å². The monoisotopic (exact) mass is 286 g/mol. The summed E-state index contributed by atoms with van der Waals surface area (Å²) in [6.45, 7) is 0.820. The van der Waals surface area contributed by atoms with E-state index in [4.69, 9.17) is 9.47 Å². The molecule has 0 unspecified atom stereocenters. The fourth-order valence-electron chi connectivity index (χ4n) is 1.73. The number of nitrogens with zero attached hydrogens (tertiary/aromatic N) is 1. The maximum Gasteiger partial charge on any atom is 0.223 e. The Labute approximate surface area is 123 Å². The van der Waals surface area contributed by atoms with E-state index in [1.54, 1.807) is 19.5 Å². The topological polar surface area (TPSA) is 60.5 Å². The minimum Gasteiger partial charge on any atom is -0.497 e. The van der Waals surface area contributed by atoms with Crippen LogP contribution < -0.4 is 14.8 Å². The Morgan fingerprint density at radius 2 is 1.95 bits per heavy atom. The van der Waals surface area contributed by atoms with Crippen molar-refractivity contribution in [3.05, 3.63) is 54.4 Å². The molecule has 2 aromatic rings. The molecular formula is C16H18N2O3. The number of carbonyl (C=O) groups excluding carboxylic acids is 1. The molecule has 0 aliphatic rings. The first-order valence-electron chi connectivity index (χ1n) is 6.70. The fourth-order valence-corrected chi connectivity index (χ4v) is 1.73. The average Bonchev–Trinajstić information content (AvgIpc) is 2.54. The van der Waals surface area contributed by atoms with E-state index in [-0.39, 0.29) is 5.91 Å². The Bertz CT molecular complexity index is 555. The summed E-state index contributed by atoms with van der Waals surface area (Å²) in [6.07, 6.45) is 3.74. The van der Waals surface area contributed by atoms with Crippen molar-refractivity contribution >= 4 is 5.91 Å². The molecule has 0 aliphatic heterocycles. The number of benzene rings is 1. The number of pyridine rings is 1. The normalized spacial score (nSPS) is 9.95. The van der Waals surface area contributed by atoms with Crippen molar-refractivity contribution in [2.75, 3.05) is 13.7 Å². The van der Waals surface area contributed by atoms with E-state index in [1.807, 2.05) is 36.4 Å². The molecule has 0 saturated heterocycles. The van der Waals surface area contributed by atoms with Gasteiger partial charge in [-0.15, -0.1) is 0 Å². The molecule has 5 nitrogen and oxygen atoms in total. The van der Waals surface area contributed by atoms with E-state index in [1.165, 1.54) is 0 Å². The van der Waals surface area contributed by atoms with Gasteiger partial charge in [-0.1, -0.05) is 6.07 Å². The van der Waals surface area contributed by atoms with Crippen molar-refractivity contribution in [2.24, 2.45) is 0 Å². The SMILES string of the molecule is COc1ccc(OCCC(=O)NCc2cccnc2)cc1. The van der Waals surface area contributed by atoms with Crippen molar-refractivity contribution in [3.8, 4) is 11.5 Å². The molecule has 1 amide bonds. The second kappa shape index (κ2) is 7.89. The maximum atomic E-state index is 11.7. The van der Waals surface area contributed by atoms with E-state index in [2.05, 4.69) is 10.3 Å². The van der Waals surface area contributed by atoms with E-state index >= 15 is 0 Å². The van der Waals surface area contributed by atoms with E-state index < -0.39 is 0 Å². The Hall–Kier alpha value is -2.56. The number of amides is 1. The fraction of sp³-hybridized carbons (Fsp3) is 0.250. The zero-order valence-corrected chi connectivity index (χ0v) is 11.9. The van der Waals surface area contributed by atoms with E-state index in [0.717, 1.165) is 17.1 Å². The smallest absolute Gasteiger partial charge is 0.223 e. The number of nitrogens with one attached hydrogen (secondary N) is 1. The molecule has 110 valence electrons. The lowest BCUT2D eigenvalue weighted by Crippen LogP contribution is -2.24. The van der Waals surface area contributed by atoms with Gasteiger partial charge in [0.15, 0.2) is 0 Å². The Balaban J connectivity index is 1.66. The summed E-state index contributed by atoms with van der Waals surface area (Å²) in [7, 11) is 1.61. The summed E-state index contributed by atoms with van der Waals surface area (Å²) in [4.78, 5) is 15.7. The molecule has 0 atom stereocenters. The van der Waals surface area contributed by atoms with Gasteiger partial charge >= 0.3 is 0 Å². The Morgan fingerprint density at radius 3 is 2.62 bits per heavy atom. The first-order chi connectivity index (χ1) is 10.3. The summed E-state index contributed by atoms with van der Waals surface area (Å²) >= 11 is 0. The van der Waals surface area contributed by atoms with Crippen LogP contribution in [0.15, 0.2) is 48.8 Å². The third kappa shape index (κ3) is 5.14. The summed E-state index contributed by atoms with van der Waals surface area (Å²) < 4.78 is 10.6. The lowest BCUT2D eigenvalue weighted by molar-refractivity contribution is -0.121. The predicted molar refractivity (Wildman–Crippen MR) is 79.2 cm³/mol. The average molecular weight is 286 g/mol. The van der Waals surface area contributed by atoms with Gasteiger partial charge in [0, 0.05) is 18.9 Å². The number of rotatable bonds is 7. The largest absolute Gasteiger partial charge is 0.497 e.